The van der Waals surface area contributed by atoms with E-state index in [9.17, 15) is 4.79 Å². The molecule has 2 aromatic rings. The third kappa shape index (κ3) is 3.66. The first kappa shape index (κ1) is 13.8. The lowest BCUT2D eigenvalue weighted by Gasteiger charge is -2.16. The molecular weight excluding hydrogens is 264 g/mol. The second-order valence-electron chi connectivity index (χ2n) is 4.52. The van der Waals surface area contributed by atoms with Crippen LogP contribution in [0.25, 0.3) is 10.9 Å². The average Bonchev–Trinajstić information content (AvgIpc) is 2.36. The van der Waals surface area contributed by atoms with Crippen LogP contribution in [0.1, 0.15) is 12.0 Å². The minimum absolute atomic E-state index is 0.127. The molecule has 0 atom stereocenters. The van der Waals surface area contributed by atoms with Crippen LogP contribution in [0.15, 0.2) is 30.5 Å². The summed E-state index contributed by atoms with van der Waals surface area (Å²) in [5, 5.41) is 10.3. The van der Waals surface area contributed by atoms with E-state index in [4.69, 9.17) is 16.7 Å². The van der Waals surface area contributed by atoms with Gasteiger partial charge in [-0.05, 0) is 30.8 Å². The summed E-state index contributed by atoms with van der Waals surface area (Å²) < 4.78 is 0. The maximum absolute atomic E-state index is 10.6. The van der Waals surface area contributed by atoms with Gasteiger partial charge in [0.05, 0.1) is 11.9 Å². The van der Waals surface area contributed by atoms with E-state index >= 15 is 0 Å². The van der Waals surface area contributed by atoms with Gasteiger partial charge in [0, 0.05) is 29.7 Å². The fourth-order valence-corrected chi connectivity index (χ4v) is 2.25. The first-order chi connectivity index (χ1) is 9.06. The van der Waals surface area contributed by atoms with Crippen LogP contribution in [-0.4, -0.2) is 34.6 Å². The predicted molar refractivity (Wildman–Crippen MR) is 75.3 cm³/mol. The van der Waals surface area contributed by atoms with Gasteiger partial charge in [0.1, 0.15) is 0 Å². The minimum atomic E-state index is -0.791. The third-order valence-corrected chi connectivity index (χ3v) is 3.11. The summed E-state index contributed by atoms with van der Waals surface area (Å²) in [4.78, 5) is 16.9. The quantitative estimate of drug-likeness (QED) is 0.914. The van der Waals surface area contributed by atoms with Crippen LogP contribution < -0.4 is 0 Å². The van der Waals surface area contributed by atoms with Crippen LogP contribution in [0.2, 0.25) is 5.02 Å². The number of pyridine rings is 1. The van der Waals surface area contributed by atoms with Crippen molar-refractivity contribution in [2.45, 2.75) is 13.0 Å². The van der Waals surface area contributed by atoms with E-state index in [-0.39, 0.29) is 6.42 Å². The lowest BCUT2D eigenvalue weighted by atomic mass is 10.1. The number of aromatic nitrogens is 1. The highest BCUT2D eigenvalue weighted by Gasteiger charge is 2.08. The Balaban J connectivity index is 2.22. The lowest BCUT2D eigenvalue weighted by molar-refractivity contribution is -0.137. The largest absolute Gasteiger partial charge is 0.481 e. The highest BCUT2D eigenvalue weighted by Crippen LogP contribution is 2.23. The van der Waals surface area contributed by atoms with Crippen molar-refractivity contribution in [2.24, 2.45) is 0 Å². The molecular formula is C14H15ClN2O2. The van der Waals surface area contributed by atoms with Crippen molar-refractivity contribution in [3.63, 3.8) is 0 Å². The number of hydrogen-bond donors (Lipinski definition) is 1. The van der Waals surface area contributed by atoms with Gasteiger partial charge in [0.15, 0.2) is 0 Å². The molecule has 0 fully saturated rings. The van der Waals surface area contributed by atoms with E-state index < -0.39 is 5.97 Å². The number of fused-ring (bicyclic) bond motifs is 1. The molecule has 4 nitrogen and oxygen atoms in total. The van der Waals surface area contributed by atoms with Gasteiger partial charge in [-0.1, -0.05) is 17.7 Å². The molecule has 0 spiro atoms. The summed E-state index contributed by atoms with van der Waals surface area (Å²) in [6.45, 7) is 1.12. The Morgan fingerprint density at radius 2 is 2.26 bits per heavy atom. The number of benzene rings is 1. The molecule has 0 saturated heterocycles. The van der Waals surface area contributed by atoms with Crippen LogP contribution >= 0.6 is 11.6 Å². The van der Waals surface area contributed by atoms with Crippen molar-refractivity contribution in [3.8, 4) is 0 Å². The van der Waals surface area contributed by atoms with Gasteiger partial charge in [-0.3, -0.25) is 9.78 Å². The Morgan fingerprint density at radius 3 is 3.00 bits per heavy atom. The normalized spacial score (nSPS) is 11.1. The summed E-state index contributed by atoms with van der Waals surface area (Å²) in [7, 11) is 1.89. The molecule has 0 aliphatic rings. The number of carbonyl (C=O) groups is 1. The molecule has 0 saturated carbocycles. The lowest BCUT2D eigenvalue weighted by Crippen LogP contribution is -2.21. The Labute approximate surface area is 116 Å². The van der Waals surface area contributed by atoms with Crippen molar-refractivity contribution >= 4 is 28.5 Å². The molecule has 0 aliphatic carbocycles. The van der Waals surface area contributed by atoms with Crippen LogP contribution in [-0.2, 0) is 11.3 Å². The Bertz CT molecular complexity index is 601. The van der Waals surface area contributed by atoms with E-state index in [1.165, 1.54) is 0 Å². The molecule has 1 aromatic carbocycles. The fourth-order valence-electron chi connectivity index (χ4n) is 2.00. The van der Waals surface area contributed by atoms with E-state index in [1.54, 1.807) is 6.20 Å². The summed E-state index contributed by atoms with van der Waals surface area (Å²) >= 11 is 6.09. The van der Waals surface area contributed by atoms with Gasteiger partial charge in [-0.15, -0.1) is 0 Å². The van der Waals surface area contributed by atoms with Crippen LogP contribution in [0.5, 0.6) is 0 Å². The summed E-state index contributed by atoms with van der Waals surface area (Å²) in [6, 6.07) is 7.60. The van der Waals surface area contributed by atoms with Crippen LogP contribution in [0, 0.1) is 0 Å². The van der Waals surface area contributed by atoms with Crippen molar-refractivity contribution in [1.29, 1.82) is 0 Å². The van der Waals surface area contributed by atoms with E-state index in [0.717, 1.165) is 16.5 Å². The van der Waals surface area contributed by atoms with Crippen molar-refractivity contribution in [2.75, 3.05) is 13.6 Å². The average molecular weight is 279 g/mol. The van der Waals surface area contributed by atoms with Crippen molar-refractivity contribution in [3.05, 3.63) is 41.0 Å². The number of hydrogen-bond acceptors (Lipinski definition) is 3. The zero-order valence-electron chi connectivity index (χ0n) is 10.6. The van der Waals surface area contributed by atoms with Gasteiger partial charge in [-0.25, -0.2) is 0 Å². The molecule has 1 aromatic heterocycles. The van der Waals surface area contributed by atoms with Gasteiger partial charge in [0.25, 0.3) is 0 Å². The van der Waals surface area contributed by atoms with Gasteiger partial charge < -0.3 is 10.0 Å². The SMILES string of the molecule is CN(CCC(=O)O)Cc1cc(Cl)cc2cccnc12. The first-order valence-corrected chi connectivity index (χ1v) is 6.37. The van der Waals surface area contributed by atoms with Gasteiger partial charge in [-0.2, -0.15) is 0 Å². The molecule has 1 N–H and O–H groups in total. The number of carboxylic acid groups (broad SMARTS) is 1. The number of aliphatic carboxylic acids is 1. The number of carboxylic acids is 1. The highest BCUT2D eigenvalue weighted by atomic mass is 35.5. The Hall–Kier alpha value is -1.65. The highest BCUT2D eigenvalue weighted by molar-refractivity contribution is 6.31. The molecule has 0 radical (unpaired) electrons. The van der Waals surface area contributed by atoms with Gasteiger partial charge in [0.2, 0.25) is 0 Å². The third-order valence-electron chi connectivity index (χ3n) is 2.90. The molecule has 100 valence electrons. The standard InChI is InChI=1S/C14H15ClN2O2/c1-17(6-4-13(18)19)9-11-8-12(15)7-10-3-2-5-16-14(10)11/h2-3,5,7-8H,4,6,9H2,1H3,(H,18,19). The number of halogens is 1. The molecule has 2 rings (SSSR count). The minimum Gasteiger partial charge on any atom is -0.481 e. The summed E-state index contributed by atoms with van der Waals surface area (Å²) in [5.74, 6) is -0.791. The van der Waals surface area contributed by atoms with Gasteiger partial charge >= 0.3 is 5.97 Å². The zero-order chi connectivity index (χ0) is 13.8. The van der Waals surface area contributed by atoms with Crippen molar-refractivity contribution in [1.82, 2.24) is 9.88 Å². The monoisotopic (exact) mass is 278 g/mol. The topological polar surface area (TPSA) is 53.4 Å². The van der Waals surface area contributed by atoms with Crippen molar-refractivity contribution < 1.29 is 9.90 Å². The molecule has 19 heavy (non-hydrogen) atoms. The molecule has 0 amide bonds. The molecule has 0 aliphatic heterocycles. The Kier molecular flexibility index (Phi) is 4.35. The molecule has 1 heterocycles. The first-order valence-electron chi connectivity index (χ1n) is 6.00. The Morgan fingerprint density at radius 1 is 1.47 bits per heavy atom. The fraction of sp³-hybridized carbons (Fsp3) is 0.286. The predicted octanol–water partition coefficient (Wildman–Crippen LogP) is 2.79. The van der Waals surface area contributed by atoms with Crippen LogP contribution in [0.4, 0.5) is 0 Å². The van der Waals surface area contributed by atoms with Crippen LogP contribution in [0.3, 0.4) is 0 Å². The smallest absolute Gasteiger partial charge is 0.304 e. The summed E-state index contributed by atoms with van der Waals surface area (Å²) in [5.41, 5.74) is 1.92. The number of nitrogens with zero attached hydrogens (tertiary/aromatic N) is 2. The second kappa shape index (κ2) is 5.99. The van der Waals surface area contributed by atoms with E-state index in [2.05, 4.69) is 4.98 Å². The molecule has 5 heteroatoms. The maximum Gasteiger partial charge on any atom is 0.304 e. The summed E-state index contributed by atoms with van der Waals surface area (Å²) in [6.07, 6.45) is 1.87. The zero-order valence-corrected chi connectivity index (χ0v) is 11.4. The van der Waals surface area contributed by atoms with E-state index in [1.807, 2.05) is 36.2 Å². The molecule has 0 unspecified atom stereocenters. The molecule has 0 bridgehead atoms. The maximum atomic E-state index is 10.6. The second-order valence-corrected chi connectivity index (χ2v) is 4.96. The number of rotatable bonds is 5. The van der Waals surface area contributed by atoms with E-state index in [0.29, 0.717) is 18.1 Å².